The minimum atomic E-state index is 1.13. The fourth-order valence-corrected chi connectivity index (χ4v) is 3.27. The Morgan fingerprint density at radius 2 is 1.67 bits per heavy atom. The molecule has 3 aromatic rings. The van der Waals surface area contributed by atoms with Crippen molar-refractivity contribution in [3.8, 4) is 0 Å². The van der Waals surface area contributed by atoms with Gasteiger partial charge in [-0.15, -0.1) is 11.3 Å². The van der Waals surface area contributed by atoms with E-state index in [2.05, 4.69) is 49.5 Å². The van der Waals surface area contributed by atoms with Crippen LogP contribution >= 0.6 is 11.3 Å². The van der Waals surface area contributed by atoms with Crippen molar-refractivity contribution in [1.82, 2.24) is 0 Å². The summed E-state index contributed by atoms with van der Waals surface area (Å²) in [5.41, 5.74) is 3.72. The summed E-state index contributed by atoms with van der Waals surface area (Å²) < 4.78 is 1.34. The fourth-order valence-electron chi connectivity index (χ4n) is 2.14. The first-order valence-corrected chi connectivity index (χ1v) is 6.88. The van der Waals surface area contributed by atoms with Crippen molar-refractivity contribution in [3.63, 3.8) is 0 Å². The van der Waals surface area contributed by atoms with Crippen molar-refractivity contribution in [2.75, 3.05) is 5.32 Å². The van der Waals surface area contributed by atoms with Gasteiger partial charge in [-0.25, -0.2) is 0 Å². The van der Waals surface area contributed by atoms with Crippen LogP contribution in [0, 0.1) is 13.8 Å². The molecule has 0 bridgehead atoms. The van der Waals surface area contributed by atoms with Gasteiger partial charge in [-0.3, -0.25) is 0 Å². The maximum Gasteiger partial charge on any atom is 0.0583 e. The topological polar surface area (TPSA) is 12.0 Å². The van der Waals surface area contributed by atoms with Gasteiger partial charge in [0.05, 0.1) is 10.4 Å². The van der Waals surface area contributed by atoms with Gasteiger partial charge in [-0.1, -0.05) is 30.3 Å². The number of anilines is 2. The SMILES string of the molecule is Cc1sc2c(Nc3ccccc3)cccc2c1C. The average Bonchev–Trinajstić information content (AvgIpc) is 2.69. The van der Waals surface area contributed by atoms with E-state index in [0.717, 1.165) is 5.69 Å². The average molecular weight is 253 g/mol. The third-order valence-corrected chi connectivity index (χ3v) is 4.51. The van der Waals surface area contributed by atoms with E-state index in [0.29, 0.717) is 0 Å². The summed E-state index contributed by atoms with van der Waals surface area (Å²) in [6.07, 6.45) is 0. The molecule has 0 unspecified atom stereocenters. The van der Waals surface area contributed by atoms with Crippen molar-refractivity contribution in [2.45, 2.75) is 13.8 Å². The predicted octanol–water partition coefficient (Wildman–Crippen LogP) is 5.26. The van der Waals surface area contributed by atoms with Gasteiger partial charge in [-0.05, 0) is 43.0 Å². The Labute approximate surface area is 111 Å². The van der Waals surface area contributed by atoms with Crippen LogP contribution in [0.5, 0.6) is 0 Å². The van der Waals surface area contributed by atoms with E-state index in [1.54, 1.807) is 0 Å². The number of rotatable bonds is 2. The molecule has 3 rings (SSSR count). The number of aryl methyl sites for hydroxylation is 2. The van der Waals surface area contributed by atoms with Gasteiger partial charge in [-0.2, -0.15) is 0 Å². The zero-order valence-electron chi connectivity index (χ0n) is 10.5. The van der Waals surface area contributed by atoms with Crippen LogP contribution in [0.4, 0.5) is 11.4 Å². The summed E-state index contributed by atoms with van der Waals surface area (Å²) in [6.45, 7) is 4.38. The largest absolute Gasteiger partial charge is 0.354 e. The summed E-state index contributed by atoms with van der Waals surface area (Å²) in [4.78, 5) is 1.40. The summed E-state index contributed by atoms with van der Waals surface area (Å²) in [5, 5.41) is 4.86. The molecule has 0 fully saturated rings. The molecule has 1 heterocycles. The molecule has 0 saturated carbocycles. The van der Waals surface area contributed by atoms with Crippen molar-refractivity contribution in [2.24, 2.45) is 0 Å². The van der Waals surface area contributed by atoms with Crippen molar-refractivity contribution in [3.05, 3.63) is 59.0 Å². The normalized spacial score (nSPS) is 10.8. The molecule has 0 aliphatic heterocycles. The zero-order chi connectivity index (χ0) is 12.5. The highest BCUT2D eigenvalue weighted by Gasteiger charge is 2.08. The standard InChI is InChI=1S/C16H15NS/c1-11-12(2)18-16-14(11)9-6-10-15(16)17-13-7-4-3-5-8-13/h3-10,17H,1-2H3. The summed E-state index contributed by atoms with van der Waals surface area (Å²) in [7, 11) is 0. The van der Waals surface area contributed by atoms with Gasteiger partial charge in [0.15, 0.2) is 0 Å². The minimum absolute atomic E-state index is 1.13. The molecule has 0 atom stereocenters. The van der Waals surface area contributed by atoms with E-state index in [1.165, 1.54) is 26.2 Å². The molecule has 90 valence electrons. The van der Waals surface area contributed by atoms with E-state index >= 15 is 0 Å². The molecule has 2 heteroatoms. The smallest absolute Gasteiger partial charge is 0.0583 e. The fraction of sp³-hybridized carbons (Fsp3) is 0.125. The van der Waals surface area contributed by atoms with Gasteiger partial charge in [0.1, 0.15) is 0 Å². The van der Waals surface area contributed by atoms with Gasteiger partial charge in [0.2, 0.25) is 0 Å². The van der Waals surface area contributed by atoms with Crippen LogP contribution in [0.15, 0.2) is 48.5 Å². The monoisotopic (exact) mass is 253 g/mol. The van der Waals surface area contributed by atoms with Crippen LogP contribution in [0.25, 0.3) is 10.1 Å². The number of nitrogens with one attached hydrogen (secondary N) is 1. The third kappa shape index (κ3) is 1.89. The van der Waals surface area contributed by atoms with Crippen LogP contribution in [0.3, 0.4) is 0 Å². The van der Waals surface area contributed by atoms with Gasteiger partial charge in [0.25, 0.3) is 0 Å². The lowest BCUT2D eigenvalue weighted by Crippen LogP contribution is -1.89. The second kappa shape index (κ2) is 4.46. The van der Waals surface area contributed by atoms with Crippen molar-refractivity contribution >= 4 is 32.8 Å². The highest BCUT2D eigenvalue weighted by atomic mass is 32.1. The molecule has 0 spiro atoms. The molecular weight excluding hydrogens is 238 g/mol. The first-order chi connectivity index (χ1) is 8.75. The van der Waals surface area contributed by atoms with Crippen LogP contribution in [0.1, 0.15) is 10.4 Å². The zero-order valence-corrected chi connectivity index (χ0v) is 11.3. The molecule has 18 heavy (non-hydrogen) atoms. The lowest BCUT2D eigenvalue weighted by atomic mass is 10.1. The molecule has 1 nitrogen and oxygen atoms in total. The van der Waals surface area contributed by atoms with E-state index in [-0.39, 0.29) is 0 Å². The quantitative estimate of drug-likeness (QED) is 0.656. The molecule has 2 aromatic carbocycles. The second-order valence-electron chi connectivity index (χ2n) is 4.46. The van der Waals surface area contributed by atoms with Gasteiger partial charge >= 0.3 is 0 Å². The minimum Gasteiger partial charge on any atom is -0.354 e. The number of hydrogen-bond donors (Lipinski definition) is 1. The second-order valence-corrected chi connectivity index (χ2v) is 5.68. The summed E-state index contributed by atoms with van der Waals surface area (Å²) in [6, 6.07) is 16.8. The van der Waals surface area contributed by atoms with E-state index in [9.17, 15) is 0 Å². The summed E-state index contributed by atoms with van der Waals surface area (Å²) >= 11 is 1.86. The van der Waals surface area contributed by atoms with Crippen LogP contribution < -0.4 is 5.32 Å². The van der Waals surface area contributed by atoms with Crippen LogP contribution in [-0.2, 0) is 0 Å². The van der Waals surface area contributed by atoms with Crippen molar-refractivity contribution in [1.29, 1.82) is 0 Å². The number of benzene rings is 2. The Bertz CT molecular complexity index is 683. The van der Waals surface area contributed by atoms with E-state index < -0.39 is 0 Å². The number of hydrogen-bond acceptors (Lipinski definition) is 2. The Balaban J connectivity index is 2.10. The Morgan fingerprint density at radius 3 is 2.44 bits per heavy atom. The van der Waals surface area contributed by atoms with E-state index in [1.807, 2.05) is 29.5 Å². The predicted molar refractivity (Wildman–Crippen MR) is 81.0 cm³/mol. The lowest BCUT2D eigenvalue weighted by Gasteiger charge is -2.07. The Hall–Kier alpha value is -1.80. The number of thiophene rings is 1. The number of fused-ring (bicyclic) bond motifs is 1. The highest BCUT2D eigenvalue weighted by molar-refractivity contribution is 7.19. The Morgan fingerprint density at radius 1 is 0.889 bits per heavy atom. The third-order valence-electron chi connectivity index (χ3n) is 3.26. The maximum absolute atomic E-state index is 3.50. The van der Waals surface area contributed by atoms with Crippen molar-refractivity contribution < 1.29 is 0 Å². The maximum atomic E-state index is 3.50. The van der Waals surface area contributed by atoms with Gasteiger partial charge in [0, 0.05) is 10.6 Å². The highest BCUT2D eigenvalue weighted by Crippen LogP contribution is 2.36. The van der Waals surface area contributed by atoms with Crippen LogP contribution in [-0.4, -0.2) is 0 Å². The Kier molecular flexibility index (Phi) is 2.80. The molecular formula is C16H15NS. The molecule has 1 N–H and O–H groups in total. The van der Waals surface area contributed by atoms with E-state index in [4.69, 9.17) is 0 Å². The number of para-hydroxylation sites is 1. The molecule has 0 aliphatic rings. The lowest BCUT2D eigenvalue weighted by molar-refractivity contribution is 1.47. The first-order valence-electron chi connectivity index (χ1n) is 6.06. The van der Waals surface area contributed by atoms with Gasteiger partial charge < -0.3 is 5.32 Å². The first kappa shape index (κ1) is 11.3. The molecule has 0 amide bonds. The summed E-state index contributed by atoms with van der Waals surface area (Å²) in [5.74, 6) is 0. The molecule has 1 aromatic heterocycles. The molecule has 0 saturated heterocycles. The molecule has 0 radical (unpaired) electrons. The molecule has 0 aliphatic carbocycles. The van der Waals surface area contributed by atoms with Crippen LogP contribution in [0.2, 0.25) is 0 Å².